The van der Waals surface area contributed by atoms with E-state index in [4.69, 9.17) is 10.2 Å². The Morgan fingerprint density at radius 3 is 2.85 bits per heavy atom. The van der Waals surface area contributed by atoms with Crippen LogP contribution in [0.25, 0.3) is 0 Å². The molecule has 0 saturated carbocycles. The summed E-state index contributed by atoms with van der Waals surface area (Å²) in [5.41, 5.74) is 5.22. The molecule has 0 aromatic carbocycles. The maximum absolute atomic E-state index is 10.9. The quantitative estimate of drug-likeness (QED) is 0.754. The maximum atomic E-state index is 10.9. The number of furan rings is 1. The fourth-order valence-electron chi connectivity index (χ4n) is 0.991. The zero-order chi connectivity index (χ0) is 9.84. The Balaban J connectivity index is 2.67. The molecule has 4 heteroatoms. The maximum Gasteiger partial charge on any atom is 0.230 e. The van der Waals surface area contributed by atoms with E-state index in [2.05, 4.69) is 0 Å². The molecule has 3 nitrogen and oxygen atoms in total. The van der Waals surface area contributed by atoms with E-state index in [0.29, 0.717) is 0 Å². The highest BCUT2D eigenvalue weighted by Gasteiger charge is 2.16. The first-order valence-corrected chi connectivity index (χ1v) is 5.03. The summed E-state index contributed by atoms with van der Waals surface area (Å²) in [7, 11) is 0. The van der Waals surface area contributed by atoms with Gasteiger partial charge in [0.05, 0.1) is 11.5 Å². The number of primary amides is 1. The number of hydrogen-bond donors (Lipinski definition) is 1. The summed E-state index contributed by atoms with van der Waals surface area (Å²) in [5.74, 6) is 0.567. The van der Waals surface area contributed by atoms with E-state index in [1.807, 2.05) is 19.9 Å². The monoisotopic (exact) mass is 199 g/mol. The Morgan fingerprint density at radius 1 is 1.77 bits per heavy atom. The topological polar surface area (TPSA) is 56.2 Å². The molecular weight excluding hydrogens is 186 g/mol. The average Bonchev–Trinajstić information content (AvgIpc) is 2.46. The smallest absolute Gasteiger partial charge is 0.230 e. The van der Waals surface area contributed by atoms with Crippen LogP contribution in [0.5, 0.6) is 0 Å². The lowest BCUT2D eigenvalue weighted by Crippen LogP contribution is -2.24. The minimum atomic E-state index is -0.270. The van der Waals surface area contributed by atoms with Gasteiger partial charge in [-0.05, 0) is 19.4 Å². The second-order valence-corrected chi connectivity index (χ2v) is 4.00. The Hall–Kier alpha value is -0.900. The summed E-state index contributed by atoms with van der Waals surface area (Å²) in [4.78, 5) is 11.9. The number of carbonyl (C=O) groups is 1. The molecule has 1 atom stereocenters. The first kappa shape index (κ1) is 10.2. The molecule has 0 aliphatic heterocycles. The lowest BCUT2D eigenvalue weighted by Gasteiger charge is -2.08. The number of amides is 1. The van der Waals surface area contributed by atoms with E-state index in [9.17, 15) is 4.79 Å². The SMILES string of the molecule is CCC(Sc1ccoc1C)C(N)=O. The van der Waals surface area contributed by atoms with Crippen LogP contribution in [0.2, 0.25) is 0 Å². The van der Waals surface area contributed by atoms with Gasteiger partial charge in [0, 0.05) is 4.90 Å². The highest BCUT2D eigenvalue weighted by Crippen LogP contribution is 2.28. The minimum absolute atomic E-state index is 0.156. The van der Waals surface area contributed by atoms with Gasteiger partial charge in [-0.1, -0.05) is 6.92 Å². The standard InChI is InChI=1S/C9H13NO2S/c1-3-7(9(10)11)13-8-4-5-12-6(8)2/h4-5,7H,3H2,1-2H3,(H2,10,11). The summed E-state index contributed by atoms with van der Waals surface area (Å²) < 4.78 is 5.12. The van der Waals surface area contributed by atoms with Crippen molar-refractivity contribution in [2.75, 3.05) is 0 Å². The van der Waals surface area contributed by atoms with Crippen LogP contribution in [0.1, 0.15) is 19.1 Å². The number of nitrogens with two attached hydrogens (primary N) is 1. The van der Waals surface area contributed by atoms with Crippen LogP contribution < -0.4 is 5.73 Å². The first-order chi connectivity index (χ1) is 6.15. The van der Waals surface area contributed by atoms with Crippen molar-refractivity contribution >= 4 is 17.7 Å². The highest BCUT2D eigenvalue weighted by atomic mass is 32.2. The second-order valence-electron chi connectivity index (χ2n) is 2.76. The van der Waals surface area contributed by atoms with Gasteiger partial charge in [-0.25, -0.2) is 0 Å². The zero-order valence-electron chi connectivity index (χ0n) is 7.74. The van der Waals surface area contributed by atoms with Crippen molar-refractivity contribution in [2.24, 2.45) is 5.73 Å². The van der Waals surface area contributed by atoms with Crippen LogP contribution in [-0.2, 0) is 4.79 Å². The van der Waals surface area contributed by atoms with Crippen molar-refractivity contribution in [3.05, 3.63) is 18.1 Å². The normalized spacial score (nSPS) is 12.8. The molecule has 2 N–H and O–H groups in total. The van der Waals surface area contributed by atoms with E-state index in [1.54, 1.807) is 6.26 Å². The van der Waals surface area contributed by atoms with Gasteiger partial charge in [0.25, 0.3) is 0 Å². The summed E-state index contributed by atoms with van der Waals surface area (Å²) in [5, 5.41) is -0.156. The van der Waals surface area contributed by atoms with Gasteiger partial charge in [0.1, 0.15) is 5.76 Å². The Morgan fingerprint density at radius 2 is 2.46 bits per heavy atom. The van der Waals surface area contributed by atoms with Crippen LogP contribution in [-0.4, -0.2) is 11.2 Å². The highest BCUT2D eigenvalue weighted by molar-refractivity contribution is 8.00. The summed E-state index contributed by atoms with van der Waals surface area (Å²) >= 11 is 1.46. The first-order valence-electron chi connectivity index (χ1n) is 4.15. The van der Waals surface area contributed by atoms with Crippen molar-refractivity contribution in [3.8, 4) is 0 Å². The van der Waals surface area contributed by atoms with Gasteiger partial charge in [-0.15, -0.1) is 11.8 Å². The second kappa shape index (κ2) is 4.37. The van der Waals surface area contributed by atoms with Crippen LogP contribution in [0.3, 0.4) is 0 Å². The van der Waals surface area contributed by atoms with E-state index in [1.165, 1.54) is 11.8 Å². The van der Waals surface area contributed by atoms with E-state index in [-0.39, 0.29) is 11.2 Å². The van der Waals surface area contributed by atoms with Gasteiger partial charge >= 0.3 is 0 Å². The molecule has 0 aliphatic carbocycles. The molecule has 0 saturated heterocycles. The van der Waals surface area contributed by atoms with Gasteiger partial charge in [-0.3, -0.25) is 4.79 Å². The largest absolute Gasteiger partial charge is 0.468 e. The third-order valence-electron chi connectivity index (χ3n) is 1.77. The van der Waals surface area contributed by atoms with Gasteiger partial charge in [-0.2, -0.15) is 0 Å². The molecule has 1 amide bonds. The molecule has 1 rings (SSSR count). The van der Waals surface area contributed by atoms with Crippen molar-refractivity contribution in [3.63, 3.8) is 0 Å². The molecule has 0 spiro atoms. The number of carbonyl (C=O) groups excluding carboxylic acids is 1. The Bertz CT molecular complexity index is 296. The van der Waals surface area contributed by atoms with E-state index >= 15 is 0 Å². The van der Waals surface area contributed by atoms with Crippen LogP contribution in [0.4, 0.5) is 0 Å². The molecule has 1 unspecified atom stereocenters. The average molecular weight is 199 g/mol. The van der Waals surface area contributed by atoms with Crippen molar-refractivity contribution in [1.82, 2.24) is 0 Å². The van der Waals surface area contributed by atoms with Crippen molar-refractivity contribution in [2.45, 2.75) is 30.4 Å². The van der Waals surface area contributed by atoms with E-state index < -0.39 is 0 Å². The molecule has 1 heterocycles. The van der Waals surface area contributed by atoms with Gasteiger partial charge in [0.15, 0.2) is 0 Å². The fourth-order valence-corrected chi connectivity index (χ4v) is 1.93. The fraction of sp³-hybridized carbons (Fsp3) is 0.444. The number of aryl methyl sites for hydroxylation is 1. The number of thioether (sulfide) groups is 1. The molecule has 0 radical (unpaired) electrons. The molecule has 0 fully saturated rings. The molecule has 0 aliphatic rings. The molecular formula is C9H13NO2S. The van der Waals surface area contributed by atoms with Crippen molar-refractivity contribution in [1.29, 1.82) is 0 Å². The molecule has 1 aromatic heterocycles. The minimum Gasteiger partial charge on any atom is -0.468 e. The number of hydrogen-bond acceptors (Lipinski definition) is 3. The molecule has 72 valence electrons. The summed E-state index contributed by atoms with van der Waals surface area (Å²) in [6, 6.07) is 1.85. The molecule has 13 heavy (non-hydrogen) atoms. The van der Waals surface area contributed by atoms with Gasteiger partial charge < -0.3 is 10.2 Å². The Labute approximate surface area is 81.7 Å². The zero-order valence-corrected chi connectivity index (χ0v) is 8.56. The van der Waals surface area contributed by atoms with Crippen LogP contribution in [0, 0.1) is 6.92 Å². The summed E-state index contributed by atoms with van der Waals surface area (Å²) in [6.07, 6.45) is 2.36. The lowest BCUT2D eigenvalue weighted by molar-refractivity contribution is -0.117. The third kappa shape index (κ3) is 2.52. The van der Waals surface area contributed by atoms with Crippen LogP contribution >= 0.6 is 11.8 Å². The predicted octanol–water partition coefficient (Wildman–Crippen LogP) is 1.94. The van der Waals surface area contributed by atoms with Crippen molar-refractivity contribution < 1.29 is 9.21 Å². The van der Waals surface area contributed by atoms with Crippen LogP contribution in [0.15, 0.2) is 21.6 Å². The number of rotatable bonds is 4. The third-order valence-corrected chi connectivity index (χ3v) is 3.30. The lowest BCUT2D eigenvalue weighted by atomic mass is 10.3. The summed E-state index contributed by atoms with van der Waals surface area (Å²) in [6.45, 7) is 3.81. The predicted molar refractivity (Wildman–Crippen MR) is 52.6 cm³/mol. The van der Waals surface area contributed by atoms with E-state index in [0.717, 1.165) is 17.1 Å². The Kier molecular flexibility index (Phi) is 3.42. The van der Waals surface area contributed by atoms with Gasteiger partial charge in [0.2, 0.25) is 5.91 Å². The molecule has 1 aromatic rings. The molecule has 0 bridgehead atoms.